The number of amides is 8. The third-order valence-electron chi connectivity index (χ3n) is 14.4. The number of benzene rings is 2. The number of nitrogens with one attached hydrogen (secondary N) is 7. The number of hydrogen-bond acceptors (Lipinski definition) is 13. The third kappa shape index (κ3) is 17.9. The Labute approximate surface area is 466 Å². The fourth-order valence-electron chi connectivity index (χ4n) is 10.1. The van der Waals surface area contributed by atoms with E-state index in [4.69, 9.17) is 17.2 Å². The summed E-state index contributed by atoms with van der Waals surface area (Å²) in [5.41, 5.74) is 18.4. The van der Waals surface area contributed by atoms with Crippen molar-refractivity contribution in [2.24, 2.45) is 34.0 Å². The predicted octanol–water partition coefficient (Wildman–Crippen LogP) is -0.411. The first-order chi connectivity index (χ1) is 38.1. The van der Waals surface area contributed by atoms with Crippen LogP contribution < -0.4 is 49.1 Å². The van der Waals surface area contributed by atoms with Crippen LogP contribution in [-0.4, -0.2) is 170 Å². The molecule has 2 aliphatic heterocycles. The van der Waals surface area contributed by atoms with E-state index >= 15 is 0 Å². The van der Waals surface area contributed by atoms with Crippen molar-refractivity contribution in [1.82, 2.24) is 51.7 Å². The molecule has 15 N–H and O–H groups in total. The number of aliphatic hydroxyl groups excluding tert-OH is 1. The summed E-state index contributed by atoms with van der Waals surface area (Å²) in [4.78, 5) is 138. The van der Waals surface area contributed by atoms with E-state index < -0.39 is 114 Å². The SMILES string of the molecule is CCCC[C@H](N)C(=O)N1CCC[C@H]1C(=O)N[C@@H](CC(C)C)C(=O)N[C@@H](Cc1cnc[nH]1)C(=O)N[C@@H](CO)C(=O)N[C@@H](CCCN=C(N)N)C(=O)N[C@H](C(=O)N1CCC[C@H]1C(=O)N[C@@H](Cc1cccc2ccccc12)C(=O)O)C(C)C. The average Bonchev–Trinajstić information content (AvgIpc) is 4.26. The molecule has 0 bridgehead atoms. The van der Waals surface area contributed by atoms with E-state index in [-0.39, 0.29) is 69.4 Å². The summed E-state index contributed by atoms with van der Waals surface area (Å²) in [6.45, 7) is 8.57. The number of nitrogens with zero attached hydrogens (tertiary/aromatic N) is 4. The van der Waals surface area contributed by atoms with Gasteiger partial charge in [-0.05, 0) is 79.5 Å². The van der Waals surface area contributed by atoms with Gasteiger partial charge >= 0.3 is 5.97 Å². The van der Waals surface area contributed by atoms with Crippen LogP contribution in [0.25, 0.3) is 10.8 Å². The second-order valence-electron chi connectivity index (χ2n) is 21.4. The molecule has 80 heavy (non-hydrogen) atoms. The Balaban J connectivity index is 1.29. The number of nitrogens with two attached hydrogens (primary N) is 3. The minimum atomic E-state index is -1.70. The van der Waals surface area contributed by atoms with Gasteiger partial charge in [0.1, 0.15) is 48.3 Å². The molecule has 438 valence electrons. The number of aliphatic hydroxyl groups is 1. The number of guanidine groups is 1. The van der Waals surface area contributed by atoms with Crippen LogP contribution in [0.3, 0.4) is 0 Å². The van der Waals surface area contributed by atoms with Crippen LogP contribution in [0, 0.1) is 11.8 Å². The van der Waals surface area contributed by atoms with E-state index in [1.54, 1.807) is 19.9 Å². The molecule has 2 fully saturated rings. The quantitative estimate of drug-likeness (QED) is 0.0229. The maximum absolute atomic E-state index is 14.4. The van der Waals surface area contributed by atoms with E-state index in [1.807, 2.05) is 57.2 Å². The van der Waals surface area contributed by atoms with Gasteiger partial charge in [-0.25, -0.2) is 9.78 Å². The molecule has 0 saturated carbocycles. The topological polar surface area (TPSA) is 392 Å². The normalized spacial score (nSPS) is 17.8. The Morgan fingerprint density at radius 3 is 1.90 bits per heavy atom. The minimum Gasteiger partial charge on any atom is -0.480 e. The minimum absolute atomic E-state index is 0.0197. The van der Waals surface area contributed by atoms with E-state index in [9.17, 15) is 53.4 Å². The fraction of sp³-hybridized carbons (Fsp3) is 0.582. The molecule has 0 unspecified atom stereocenters. The van der Waals surface area contributed by atoms with Gasteiger partial charge < -0.3 is 74.1 Å². The zero-order valence-corrected chi connectivity index (χ0v) is 46.5. The van der Waals surface area contributed by atoms with E-state index in [1.165, 1.54) is 22.3 Å². The molecule has 25 heteroatoms. The summed E-state index contributed by atoms with van der Waals surface area (Å²) >= 11 is 0. The number of aliphatic imine (C=N–C) groups is 1. The maximum atomic E-state index is 14.4. The van der Waals surface area contributed by atoms with Gasteiger partial charge in [0.25, 0.3) is 0 Å². The average molecular weight is 1120 g/mol. The zero-order chi connectivity index (χ0) is 58.6. The Kier molecular flexibility index (Phi) is 24.2. The summed E-state index contributed by atoms with van der Waals surface area (Å²) in [5.74, 6) is -7.83. The first kappa shape index (κ1) is 63.2. The first-order valence-corrected chi connectivity index (χ1v) is 27.6. The zero-order valence-electron chi connectivity index (χ0n) is 46.5. The number of carboxylic acids is 1. The van der Waals surface area contributed by atoms with Crippen LogP contribution in [0.15, 0.2) is 60.0 Å². The lowest BCUT2D eigenvalue weighted by molar-refractivity contribution is -0.145. The fourth-order valence-corrected chi connectivity index (χ4v) is 10.1. The summed E-state index contributed by atoms with van der Waals surface area (Å²) in [7, 11) is 0. The third-order valence-corrected chi connectivity index (χ3v) is 14.4. The van der Waals surface area contributed by atoms with Crippen LogP contribution in [0.2, 0.25) is 0 Å². The summed E-state index contributed by atoms with van der Waals surface area (Å²) < 4.78 is 0. The molecular formula is C55H82N14O11. The molecule has 0 radical (unpaired) electrons. The lowest BCUT2D eigenvalue weighted by Crippen LogP contribution is -2.61. The van der Waals surface area contributed by atoms with Gasteiger partial charge in [-0.3, -0.25) is 43.3 Å². The van der Waals surface area contributed by atoms with Crippen molar-refractivity contribution in [2.75, 3.05) is 26.2 Å². The molecule has 0 aliphatic carbocycles. The highest BCUT2D eigenvalue weighted by Gasteiger charge is 2.42. The number of carbonyl (C=O) groups is 9. The molecule has 0 spiro atoms. The van der Waals surface area contributed by atoms with Crippen molar-refractivity contribution < 1.29 is 53.4 Å². The number of unbranched alkanes of at least 4 members (excludes halogenated alkanes) is 1. The van der Waals surface area contributed by atoms with Gasteiger partial charge in [-0.2, -0.15) is 0 Å². The van der Waals surface area contributed by atoms with Crippen molar-refractivity contribution in [3.05, 3.63) is 66.2 Å². The van der Waals surface area contributed by atoms with Gasteiger partial charge in [0.2, 0.25) is 47.3 Å². The van der Waals surface area contributed by atoms with E-state index in [0.29, 0.717) is 43.5 Å². The second-order valence-corrected chi connectivity index (χ2v) is 21.4. The molecule has 3 heterocycles. The van der Waals surface area contributed by atoms with Gasteiger partial charge in [0, 0.05) is 44.4 Å². The van der Waals surface area contributed by atoms with Crippen LogP contribution in [0.4, 0.5) is 0 Å². The molecule has 1 aromatic heterocycles. The monoisotopic (exact) mass is 1110 g/mol. The molecule has 5 rings (SSSR count). The highest BCUT2D eigenvalue weighted by molar-refractivity contribution is 5.98. The summed E-state index contributed by atoms with van der Waals surface area (Å²) in [6, 6.07) is 2.06. The van der Waals surface area contributed by atoms with Gasteiger partial charge in [-0.15, -0.1) is 0 Å². The lowest BCUT2D eigenvalue weighted by Gasteiger charge is -2.32. The highest BCUT2D eigenvalue weighted by atomic mass is 16.4. The van der Waals surface area contributed by atoms with Crippen LogP contribution in [-0.2, 0) is 56.0 Å². The van der Waals surface area contributed by atoms with Crippen LogP contribution in [0.5, 0.6) is 0 Å². The predicted molar refractivity (Wildman–Crippen MR) is 297 cm³/mol. The van der Waals surface area contributed by atoms with E-state index in [0.717, 1.165) is 23.6 Å². The molecular weight excluding hydrogens is 1030 g/mol. The second kappa shape index (κ2) is 30.6. The standard InChI is InChI=1S/C55H82N14O11/c1-6-7-18-37(56)52(77)68-23-12-20-43(68)50(75)64-39(25-31(2)3)47(72)63-40(27-35-28-59-30-61-35)48(73)66-42(29-70)49(74)62-38(19-11-22-60-55(57)58)46(71)67-45(32(4)5)53(78)69-24-13-21-44(69)51(76)65-41(54(79)80)26-34-16-10-15-33-14-8-9-17-36(33)34/h8-10,14-17,28,30-32,37-45,70H,6-7,11-13,18-27,29,56H2,1-5H3,(H,59,61)(H,62,74)(H,63,72)(H,64,75)(H,65,76)(H,66,73)(H,67,71)(H,79,80)(H4,57,58,60)/t37-,38-,39-,40-,41-,42-,43-,44-,45-/m0/s1. The maximum Gasteiger partial charge on any atom is 0.326 e. The Bertz CT molecular complexity index is 2640. The molecule has 9 atom stereocenters. The Hall–Kier alpha value is -7.67. The smallest absolute Gasteiger partial charge is 0.326 e. The number of aromatic amines is 1. The van der Waals surface area contributed by atoms with Gasteiger partial charge in [-0.1, -0.05) is 89.9 Å². The highest BCUT2D eigenvalue weighted by Crippen LogP contribution is 2.24. The number of carbonyl (C=O) groups excluding carboxylic acids is 8. The van der Waals surface area contributed by atoms with Gasteiger partial charge in [0.15, 0.2) is 5.96 Å². The van der Waals surface area contributed by atoms with Crippen LogP contribution in [0.1, 0.15) is 110 Å². The molecule has 25 nitrogen and oxygen atoms in total. The van der Waals surface area contributed by atoms with Crippen molar-refractivity contribution in [3.8, 4) is 0 Å². The van der Waals surface area contributed by atoms with Crippen molar-refractivity contribution in [3.63, 3.8) is 0 Å². The number of fused-ring (bicyclic) bond motifs is 1. The molecule has 3 aromatic rings. The first-order valence-electron chi connectivity index (χ1n) is 27.6. The number of imidazole rings is 1. The molecule has 2 aromatic carbocycles. The van der Waals surface area contributed by atoms with Crippen molar-refractivity contribution in [2.45, 2.75) is 166 Å². The Morgan fingerprint density at radius 2 is 1.30 bits per heavy atom. The number of H-pyrrole nitrogens is 1. The molecule has 8 amide bonds. The van der Waals surface area contributed by atoms with Crippen molar-refractivity contribution >= 4 is 70.0 Å². The summed E-state index contributed by atoms with van der Waals surface area (Å²) in [6.07, 6.45) is 6.42. The van der Waals surface area contributed by atoms with Crippen LogP contribution >= 0.6 is 0 Å². The number of likely N-dealkylation sites (tertiary alicyclic amines) is 2. The largest absolute Gasteiger partial charge is 0.480 e. The lowest BCUT2D eigenvalue weighted by atomic mass is 9.98. The van der Waals surface area contributed by atoms with Gasteiger partial charge in [0.05, 0.1) is 19.0 Å². The number of rotatable bonds is 30. The van der Waals surface area contributed by atoms with E-state index in [2.05, 4.69) is 46.9 Å². The Morgan fingerprint density at radius 1 is 0.713 bits per heavy atom. The number of carboxylic acid groups (broad SMARTS) is 1. The summed E-state index contributed by atoms with van der Waals surface area (Å²) in [5, 5.41) is 38.5. The molecule has 2 aliphatic rings. The molecule has 2 saturated heterocycles. The van der Waals surface area contributed by atoms with Crippen molar-refractivity contribution in [1.29, 1.82) is 0 Å². The number of aromatic nitrogens is 2. The number of hydrogen-bond donors (Lipinski definition) is 12. The number of aliphatic carboxylic acids is 1.